The van der Waals surface area contributed by atoms with Crippen LogP contribution in [0.3, 0.4) is 0 Å². The summed E-state index contributed by atoms with van der Waals surface area (Å²) in [6, 6.07) is 13.7. The minimum Gasteiger partial charge on any atom is -0.508 e. The number of carbonyl (C=O) groups excluding carboxylic acids is 2. The number of phenolic OH excluding ortho intramolecular Hbond substituents is 1. The number of hydrogen-bond acceptors (Lipinski definition) is 8. The number of ether oxygens (including phenoxy) is 2. The van der Waals surface area contributed by atoms with Gasteiger partial charge in [0.2, 0.25) is 0 Å². The normalized spacial score (nSPS) is 18.7. The molecular formula is C26H17FN2O6S. The van der Waals surface area contributed by atoms with Crippen LogP contribution < -0.4 is 14.4 Å². The van der Waals surface area contributed by atoms with Gasteiger partial charge in [-0.2, -0.15) is 0 Å². The van der Waals surface area contributed by atoms with E-state index in [9.17, 15) is 24.2 Å². The molecule has 10 heteroatoms. The average Bonchev–Trinajstić information content (AvgIpc) is 3.41. The molecule has 0 spiro atoms. The van der Waals surface area contributed by atoms with Crippen molar-refractivity contribution < 1.29 is 33.7 Å². The Hall–Kier alpha value is -4.44. The third-order valence-electron chi connectivity index (χ3n) is 5.99. The van der Waals surface area contributed by atoms with Gasteiger partial charge < -0.3 is 19.7 Å². The number of halogens is 1. The topological polar surface area (TPSA) is 109 Å². The third kappa shape index (κ3) is 3.54. The van der Waals surface area contributed by atoms with Crippen molar-refractivity contribution >= 4 is 44.1 Å². The zero-order valence-corrected chi connectivity index (χ0v) is 19.3. The molecule has 36 heavy (non-hydrogen) atoms. The number of aromatic hydroxyl groups is 1. The first-order valence-electron chi connectivity index (χ1n) is 11.0. The SMILES string of the molecule is O=C1C(=O)N(c2nc3ccc(F)cc3s2)C(c2cccc(O)c2)/C1=C(\O)c1ccc2c(c1)OCCO2. The number of aromatic nitrogens is 1. The molecule has 1 fully saturated rings. The molecule has 2 N–H and O–H groups in total. The minimum atomic E-state index is -1.09. The number of carbonyl (C=O) groups is 2. The number of thiazole rings is 1. The number of benzene rings is 3. The van der Waals surface area contributed by atoms with Crippen LogP contribution in [0.1, 0.15) is 17.2 Å². The smallest absolute Gasteiger partial charge is 0.301 e. The van der Waals surface area contributed by atoms with Crippen LogP contribution in [0.2, 0.25) is 0 Å². The highest BCUT2D eigenvalue weighted by Crippen LogP contribution is 2.45. The Kier molecular flexibility index (Phi) is 5.11. The van der Waals surface area contributed by atoms with E-state index >= 15 is 0 Å². The Morgan fingerprint density at radius 1 is 1.03 bits per heavy atom. The fraction of sp³-hybridized carbons (Fsp3) is 0.115. The maximum atomic E-state index is 13.8. The van der Waals surface area contributed by atoms with E-state index in [0.717, 1.165) is 11.3 Å². The summed E-state index contributed by atoms with van der Waals surface area (Å²) in [6.45, 7) is 0.732. The molecule has 2 aliphatic heterocycles. The molecule has 3 aromatic carbocycles. The Bertz CT molecular complexity index is 1600. The summed E-state index contributed by atoms with van der Waals surface area (Å²) < 4.78 is 25.4. The number of fused-ring (bicyclic) bond motifs is 2. The molecule has 1 aromatic heterocycles. The van der Waals surface area contributed by atoms with Gasteiger partial charge in [0.15, 0.2) is 16.6 Å². The number of Topliss-reactive ketones (excluding diaryl/α,β-unsaturated/α-hetero) is 1. The van der Waals surface area contributed by atoms with Gasteiger partial charge in [-0.05, 0) is 54.1 Å². The number of phenols is 1. The number of rotatable bonds is 3. The first-order chi connectivity index (χ1) is 17.4. The van der Waals surface area contributed by atoms with Crippen LogP contribution in [0.25, 0.3) is 16.0 Å². The van der Waals surface area contributed by atoms with E-state index in [4.69, 9.17) is 9.47 Å². The summed E-state index contributed by atoms with van der Waals surface area (Å²) >= 11 is 1.04. The Morgan fingerprint density at radius 3 is 2.64 bits per heavy atom. The largest absolute Gasteiger partial charge is 0.508 e. The number of amides is 1. The summed E-state index contributed by atoms with van der Waals surface area (Å²) in [5, 5.41) is 21.6. The standard InChI is InChI=1S/C26H17FN2O6S/c27-15-5-6-17-20(12-15)36-26(28-17)29-22(13-2-1-3-16(30)10-13)21(24(32)25(29)33)23(31)14-4-7-18-19(11-14)35-9-8-34-18/h1-7,10-12,22,30-31H,8-9H2/b23-21+. The predicted molar refractivity (Wildman–Crippen MR) is 130 cm³/mol. The van der Waals surface area contributed by atoms with Crippen LogP contribution in [0.5, 0.6) is 17.2 Å². The van der Waals surface area contributed by atoms with Crippen LogP contribution >= 0.6 is 11.3 Å². The summed E-state index contributed by atoms with van der Waals surface area (Å²) in [5.41, 5.74) is 0.931. The molecule has 0 aliphatic carbocycles. The molecule has 4 aromatic rings. The van der Waals surface area contributed by atoms with Gasteiger partial charge in [0.25, 0.3) is 5.78 Å². The summed E-state index contributed by atoms with van der Waals surface area (Å²) in [7, 11) is 0. The molecule has 0 bridgehead atoms. The first-order valence-corrected chi connectivity index (χ1v) is 11.8. The molecule has 1 saturated heterocycles. The van der Waals surface area contributed by atoms with E-state index in [1.54, 1.807) is 24.3 Å². The van der Waals surface area contributed by atoms with Crippen molar-refractivity contribution in [3.8, 4) is 17.2 Å². The Morgan fingerprint density at radius 2 is 1.83 bits per heavy atom. The third-order valence-corrected chi connectivity index (χ3v) is 7.01. The Balaban J connectivity index is 1.54. The van der Waals surface area contributed by atoms with Gasteiger partial charge in [0, 0.05) is 5.56 Å². The molecule has 1 amide bonds. The predicted octanol–water partition coefficient (Wildman–Crippen LogP) is 4.54. The second-order valence-electron chi connectivity index (χ2n) is 8.23. The highest BCUT2D eigenvalue weighted by atomic mass is 32.1. The quantitative estimate of drug-likeness (QED) is 0.240. The minimum absolute atomic E-state index is 0.0798. The fourth-order valence-electron chi connectivity index (χ4n) is 4.38. The van der Waals surface area contributed by atoms with Crippen LogP contribution in [0.15, 0.2) is 66.2 Å². The number of anilines is 1. The number of hydrogen-bond donors (Lipinski definition) is 2. The molecule has 1 atom stereocenters. The maximum Gasteiger partial charge on any atom is 0.301 e. The fourth-order valence-corrected chi connectivity index (χ4v) is 5.39. The van der Waals surface area contributed by atoms with Crippen LogP contribution in [0, 0.1) is 5.82 Å². The first kappa shape index (κ1) is 22.1. The Labute approximate surface area is 207 Å². The molecule has 0 saturated carbocycles. The number of nitrogens with zero attached hydrogens (tertiary/aromatic N) is 2. The molecule has 8 nitrogen and oxygen atoms in total. The van der Waals surface area contributed by atoms with Crippen molar-refractivity contribution in [3.63, 3.8) is 0 Å². The van der Waals surface area contributed by atoms with E-state index in [-0.39, 0.29) is 22.0 Å². The van der Waals surface area contributed by atoms with Gasteiger partial charge in [-0.3, -0.25) is 14.5 Å². The lowest BCUT2D eigenvalue weighted by Gasteiger charge is -2.23. The van der Waals surface area contributed by atoms with Crippen LogP contribution in [-0.2, 0) is 9.59 Å². The van der Waals surface area contributed by atoms with Crippen molar-refractivity contribution in [2.24, 2.45) is 0 Å². The lowest BCUT2D eigenvalue weighted by Crippen LogP contribution is -2.29. The monoisotopic (exact) mass is 504 g/mol. The van der Waals surface area contributed by atoms with E-state index in [1.165, 1.54) is 41.3 Å². The van der Waals surface area contributed by atoms with E-state index in [0.29, 0.717) is 40.5 Å². The van der Waals surface area contributed by atoms with Gasteiger partial charge in [0.05, 0.1) is 21.8 Å². The number of ketones is 1. The molecule has 180 valence electrons. The average molecular weight is 504 g/mol. The van der Waals surface area contributed by atoms with Crippen molar-refractivity contribution in [2.45, 2.75) is 6.04 Å². The highest BCUT2D eigenvalue weighted by Gasteiger charge is 2.48. The van der Waals surface area contributed by atoms with Gasteiger partial charge in [0.1, 0.15) is 30.5 Å². The van der Waals surface area contributed by atoms with Gasteiger partial charge in [-0.15, -0.1) is 0 Å². The van der Waals surface area contributed by atoms with Crippen LogP contribution in [0.4, 0.5) is 9.52 Å². The molecule has 1 unspecified atom stereocenters. The molecule has 2 aliphatic rings. The maximum absolute atomic E-state index is 13.8. The van der Waals surface area contributed by atoms with E-state index < -0.39 is 29.3 Å². The molecule has 0 radical (unpaired) electrons. The van der Waals surface area contributed by atoms with Gasteiger partial charge >= 0.3 is 5.91 Å². The number of aliphatic hydroxyl groups excluding tert-OH is 1. The van der Waals surface area contributed by atoms with Gasteiger partial charge in [-0.25, -0.2) is 9.37 Å². The van der Waals surface area contributed by atoms with E-state index in [2.05, 4.69) is 4.98 Å². The second kappa shape index (κ2) is 8.35. The summed E-state index contributed by atoms with van der Waals surface area (Å²) in [5.74, 6) is -1.85. The van der Waals surface area contributed by atoms with Crippen LogP contribution in [-0.4, -0.2) is 40.1 Å². The summed E-state index contributed by atoms with van der Waals surface area (Å²) in [6.07, 6.45) is 0. The van der Waals surface area contributed by atoms with Crippen molar-refractivity contribution in [3.05, 3.63) is 83.2 Å². The molecule has 6 rings (SSSR count). The second-order valence-corrected chi connectivity index (χ2v) is 9.24. The lowest BCUT2D eigenvalue weighted by molar-refractivity contribution is -0.132. The molecule has 3 heterocycles. The van der Waals surface area contributed by atoms with Crippen molar-refractivity contribution in [1.29, 1.82) is 0 Å². The lowest BCUT2D eigenvalue weighted by atomic mass is 9.95. The van der Waals surface area contributed by atoms with Gasteiger partial charge in [-0.1, -0.05) is 23.5 Å². The van der Waals surface area contributed by atoms with Crippen molar-refractivity contribution in [2.75, 3.05) is 18.1 Å². The van der Waals surface area contributed by atoms with Crippen molar-refractivity contribution in [1.82, 2.24) is 4.98 Å². The molecular weight excluding hydrogens is 487 g/mol. The summed E-state index contributed by atoms with van der Waals surface area (Å²) in [4.78, 5) is 32.2. The van der Waals surface area contributed by atoms with E-state index in [1.807, 2.05) is 0 Å². The highest BCUT2D eigenvalue weighted by molar-refractivity contribution is 7.22. The number of aliphatic hydroxyl groups is 1. The zero-order chi connectivity index (χ0) is 25.0. The zero-order valence-electron chi connectivity index (χ0n) is 18.5.